The predicted octanol–water partition coefficient (Wildman–Crippen LogP) is 1.52. The van der Waals surface area contributed by atoms with Gasteiger partial charge in [0.05, 0.1) is 11.0 Å². The van der Waals surface area contributed by atoms with Gasteiger partial charge in [0.1, 0.15) is 0 Å². The van der Waals surface area contributed by atoms with Crippen molar-refractivity contribution in [2.45, 2.75) is 51.8 Å². The van der Waals surface area contributed by atoms with Crippen LogP contribution in [0.1, 0.15) is 40.5 Å². The Hall–Kier alpha value is -0.130. The van der Waals surface area contributed by atoms with Crippen molar-refractivity contribution in [1.29, 1.82) is 0 Å². The molecule has 0 spiro atoms. The van der Waals surface area contributed by atoms with Crippen LogP contribution in [0.3, 0.4) is 0 Å². The molecule has 4 nitrogen and oxygen atoms in total. The van der Waals surface area contributed by atoms with Gasteiger partial charge in [-0.3, -0.25) is 4.90 Å². The van der Waals surface area contributed by atoms with Crippen molar-refractivity contribution in [1.82, 2.24) is 10.2 Å². The molecule has 1 rings (SSSR count). The fourth-order valence-corrected chi connectivity index (χ4v) is 3.40. The molecule has 0 radical (unpaired) electrons. The van der Waals surface area contributed by atoms with Crippen LogP contribution >= 0.6 is 0 Å². The molecule has 1 fully saturated rings. The monoisotopic (exact) mass is 290 g/mol. The van der Waals surface area contributed by atoms with E-state index in [9.17, 15) is 8.42 Å². The second-order valence-electron chi connectivity index (χ2n) is 6.30. The minimum Gasteiger partial charge on any atom is -0.315 e. The lowest BCUT2D eigenvalue weighted by atomic mass is 10.2. The maximum atomic E-state index is 11.9. The van der Waals surface area contributed by atoms with Crippen LogP contribution in [0.2, 0.25) is 0 Å². The molecule has 1 saturated heterocycles. The SMILES string of the molecule is CC(C)CNCC1CCCN1CCS(=O)(=O)C(C)C. The number of nitrogens with one attached hydrogen (secondary N) is 1. The average molecular weight is 290 g/mol. The van der Waals surface area contributed by atoms with E-state index in [1.165, 1.54) is 12.8 Å². The topological polar surface area (TPSA) is 49.4 Å². The molecular weight excluding hydrogens is 260 g/mol. The zero-order chi connectivity index (χ0) is 14.5. The Kier molecular flexibility index (Phi) is 6.77. The Morgan fingerprint density at radius 1 is 1.26 bits per heavy atom. The van der Waals surface area contributed by atoms with Crippen LogP contribution < -0.4 is 5.32 Å². The van der Waals surface area contributed by atoms with Crippen molar-refractivity contribution in [3.63, 3.8) is 0 Å². The molecule has 1 N–H and O–H groups in total. The first-order chi connectivity index (χ1) is 8.83. The normalized spacial score (nSPS) is 21.7. The minimum absolute atomic E-state index is 0.257. The van der Waals surface area contributed by atoms with Crippen molar-refractivity contribution in [3.05, 3.63) is 0 Å². The highest BCUT2D eigenvalue weighted by Crippen LogP contribution is 2.17. The summed E-state index contributed by atoms with van der Waals surface area (Å²) in [7, 11) is -2.91. The van der Waals surface area contributed by atoms with Gasteiger partial charge in [-0.05, 0) is 45.7 Å². The molecule has 1 unspecified atom stereocenters. The molecule has 5 heteroatoms. The first-order valence-corrected chi connectivity index (χ1v) is 9.21. The fourth-order valence-electron chi connectivity index (χ4n) is 2.44. The fraction of sp³-hybridized carbons (Fsp3) is 1.00. The standard InChI is InChI=1S/C14H30N2O2S/c1-12(2)10-15-11-14-6-5-7-16(14)8-9-19(17,18)13(3)4/h12-15H,5-11H2,1-4H3. The van der Waals surface area contributed by atoms with Crippen LogP contribution in [0.4, 0.5) is 0 Å². The lowest BCUT2D eigenvalue weighted by molar-refractivity contribution is 0.259. The zero-order valence-corrected chi connectivity index (χ0v) is 13.7. The van der Waals surface area contributed by atoms with Gasteiger partial charge in [-0.15, -0.1) is 0 Å². The Morgan fingerprint density at radius 2 is 1.95 bits per heavy atom. The van der Waals surface area contributed by atoms with Crippen LogP contribution in [0.15, 0.2) is 0 Å². The van der Waals surface area contributed by atoms with Gasteiger partial charge in [-0.2, -0.15) is 0 Å². The van der Waals surface area contributed by atoms with Gasteiger partial charge in [0.2, 0.25) is 0 Å². The van der Waals surface area contributed by atoms with E-state index in [0.717, 1.165) is 19.6 Å². The second-order valence-corrected chi connectivity index (χ2v) is 8.98. The first-order valence-electron chi connectivity index (χ1n) is 7.49. The van der Waals surface area contributed by atoms with Crippen molar-refractivity contribution in [2.24, 2.45) is 5.92 Å². The molecule has 114 valence electrons. The summed E-state index contributed by atoms with van der Waals surface area (Å²) in [6.07, 6.45) is 2.38. The molecule has 1 aliphatic rings. The summed E-state index contributed by atoms with van der Waals surface area (Å²) >= 11 is 0. The number of sulfone groups is 1. The van der Waals surface area contributed by atoms with E-state index in [1.54, 1.807) is 13.8 Å². The molecule has 1 aliphatic heterocycles. The summed E-state index contributed by atoms with van der Waals surface area (Å²) in [5.41, 5.74) is 0. The maximum Gasteiger partial charge on any atom is 0.153 e. The molecule has 1 atom stereocenters. The lowest BCUT2D eigenvalue weighted by Crippen LogP contribution is -2.41. The first kappa shape index (κ1) is 16.9. The Balaban J connectivity index is 2.36. The van der Waals surface area contributed by atoms with Gasteiger partial charge in [-0.25, -0.2) is 8.42 Å². The van der Waals surface area contributed by atoms with Crippen LogP contribution in [-0.4, -0.2) is 56.5 Å². The van der Waals surface area contributed by atoms with E-state index in [4.69, 9.17) is 0 Å². The highest BCUT2D eigenvalue weighted by Gasteiger charge is 2.26. The molecule has 19 heavy (non-hydrogen) atoms. The summed E-state index contributed by atoms with van der Waals surface area (Å²) < 4.78 is 23.7. The number of nitrogens with zero attached hydrogens (tertiary/aromatic N) is 1. The Labute approximate surface area is 118 Å². The van der Waals surface area contributed by atoms with E-state index < -0.39 is 9.84 Å². The summed E-state index contributed by atoms with van der Waals surface area (Å²) in [5, 5.41) is 3.23. The lowest BCUT2D eigenvalue weighted by Gasteiger charge is -2.25. The third kappa shape index (κ3) is 5.79. The Bertz CT molecular complexity index is 352. The third-order valence-electron chi connectivity index (χ3n) is 3.81. The van der Waals surface area contributed by atoms with Gasteiger partial charge in [0.15, 0.2) is 9.84 Å². The maximum absolute atomic E-state index is 11.9. The summed E-state index contributed by atoms with van der Waals surface area (Å²) in [4.78, 5) is 2.34. The van der Waals surface area contributed by atoms with Gasteiger partial charge >= 0.3 is 0 Å². The highest BCUT2D eigenvalue weighted by molar-refractivity contribution is 7.92. The second kappa shape index (κ2) is 7.60. The number of likely N-dealkylation sites (tertiary alicyclic amines) is 1. The molecule has 0 bridgehead atoms. The number of rotatable bonds is 8. The van der Waals surface area contributed by atoms with Crippen molar-refractivity contribution >= 4 is 9.84 Å². The smallest absolute Gasteiger partial charge is 0.153 e. The zero-order valence-electron chi connectivity index (χ0n) is 12.9. The minimum atomic E-state index is -2.91. The average Bonchev–Trinajstić information content (AvgIpc) is 2.73. The van der Waals surface area contributed by atoms with Crippen molar-refractivity contribution in [2.75, 3.05) is 31.9 Å². The number of hydrogen-bond acceptors (Lipinski definition) is 4. The van der Waals surface area contributed by atoms with E-state index in [1.807, 2.05) is 0 Å². The molecule has 0 aromatic rings. The van der Waals surface area contributed by atoms with Crippen LogP contribution in [-0.2, 0) is 9.84 Å². The quantitative estimate of drug-likeness (QED) is 0.736. The largest absolute Gasteiger partial charge is 0.315 e. The molecule has 0 aromatic heterocycles. The van der Waals surface area contributed by atoms with Gasteiger partial charge < -0.3 is 5.32 Å². The molecular formula is C14H30N2O2S. The van der Waals surface area contributed by atoms with Crippen LogP contribution in [0.5, 0.6) is 0 Å². The third-order valence-corrected chi connectivity index (χ3v) is 6.00. The van der Waals surface area contributed by atoms with E-state index >= 15 is 0 Å². The predicted molar refractivity (Wildman–Crippen MR) is 81.2 cm³/mol. The summed E-state index contributed by atoms with van der Waals surface area (Å²) in [5.74, 6) is 0.960. The molecule has 0 aromatic carbocycles. The van der Waals surface area contributed by atoms with Crippen LogP contribution in [0.25, 0.3) is 0 Å². The molecule has 0 aliphatic carbocycles. The molecule has 0 saturated carbocycles. The van der Waals surface area contributed by atoms with Crippen LogP contribution in [0, 0.1) is 5.92 Å². The molecule has 0 amide bonds. The van der Waals surface area contributed by atoms with Crippen molar-refractivity contribution in [3.8, 4) is 0 Å². The van der Waals surface area contributed by atoms with Crippen molar-refractivity contribution < 1.29 is 8.42 Å². The molecule has 1 heterocycles. The number of hydrogen-bond donors (Lipinski definition) is 1. The summed E-state index contributed by atoms with van der Waals surface area (Å²) in [6, 6.07) is 0.515. The van der Waals surface area contributed by atoms with Gasteiger partial charge in [-0.1, -0.05) is 13.8 Å². The van der Waals surface area contributed by atoms with Gasteiger partial charge in [0, 0.05) is 19.1 Å². The van der Waals surface area contributed by atoms with E-state index in [2.05, 4.69) is 24.1 Å². The Morgan fingerprint density at radius 3 is 2.53 bits per heavy atom. The summed E-state index contributed by atoms with van der Waals surface area (Å²) in [6.45, 7) is 11.7. The van der Waals surface area contributed by atoms with E-state index in [0.29, 0.717) is 24.3 Å². The van der Waals surface area contributed by atoms with E-state index in [-0.39, 0.29) is 5.25 Å². The van der Waals surface area contributed by atoms with Gasteiger partial charge in [0.25, 0.3) is 0 Å². The highest BCUT2D eigenvalue weighted by atomic mass is 32.2.